The van der Waals surface area contributed by atoms with Gasteiger partial charge >= 0.3 is 18.9 Å². The van der Waals surface area contributed by atoms with Gasteiger partial charge in [0.15, 0.2) is 0 Å². The number of ether oxygens (including phenoxy) is 1. The van der Waals surface area contributed by atoms with Crippen molar-refractivity contribution in [2.75, 3.05) is 0 Å². The molecule has 0 heterocycles. The first-order valence-corrected chi connectivity index (χ1v) is 8.38. The topological polar surface area (TPSA) is 9.23 Å². The fourth-order valence-electron chi connectivity index (χ4n) is 2.94. The molecular weight excluding hydrogens is 311 g/mol. The third-order valence-corrected chi connectivity index (χ3v) is 4.16. The molecule has 2 heteroatoms. The van der Waals surface area contributed by atoms with E-state index in [1.54, 1.807) is 0 Å². The second-order valence-corrected chi connectivity index (χ2v) is 5.83. The molecule has 0 atom stereocenters. The van der Waals surface area contributed by atoms with Crippen molar-refractivity contribution in [3.05, 3.63) is 109 Å². The maximum absolute atomic E-state index is 6.35. The minimum Gasteiger partial charge on any atom is -0.456 e. The normalized spacial score (nSPS) is 10.0. The molecule has 4 rings (SSSR count). The molecule has 0 aromatic heterocycles. The summed E-state index contributed by atoms with van der Waals surface area (Å²) in [4.78, 5) is 0. The Kier molecular flexibility index (Phi) is 5.97. The molecule has 0 saturated heterocycles. The van der Waals surface area contributed by atoms with Gasteiger partial charge in [-0.15, -0.1) is 0 Å². The van der Waals surface area contributed by atoms with Crippen molar-refractivity contribution in [3.63, 3.8) is 0 Å². The maximum atomic E-state index is 6.35. The van der Waals surface area contributed by atoms with Gasteiger partial charge in [0.05, 0.1) is 0 Å². The van der Waals surface area contributed by atoms with E-state index in [1.807, 2.05) is 72.8 Å². The number of rotatable bonds is 4. The predicted octanol–water partition coefficient (Wildman–Crippen LogP) is 6.16. The fourth-order valence-corrected chi connectivity index (χ4v) is 2.94. The Balaban J connectivity index is 0.00000196. The van der Waals surface area contributed by atoms with Gasteiger partial charge in [0, 0.05) is 11.1 Å². The van der Waals surface area contributed by atoms with Crippen molar-refractivity contribution in [2.45, 2.75) is 0 Å². The molecule has 122 valence electrons. The summed E-state index contributed by atoms with van der Waals surface area (Å²) in [5, 5.41) is 0. The third kappa shape index (κ3) is 3.91. The molecule has 0 aliphatic rings. The molecule has 0 amide bonds. The van der Waals surface area contributed by atoms with Crippen molar-refractivity contribution in [3.8, 4) is 33.8 Å². The van der Waals surface area contributed by atoms with E-state index in [0.717, 1.165) is 33.8 Å². The van der Waals surface area contributed by atoms with E-state index >= 15 is 0 Å². The molecule has 4 aromatic carbocycles. The van der Waals surface area contributed by atoms with Crippen LogP contribution in [0.15, 0.2) is 109 Å². The predicted molar refractivity (Wildman–Crippen MR) is 111 cm³/mol. The Morgan fingerprint density at radius 2 is 0.731 bits per heavy atom. The van der Waals surface area contributed by atoms with Crippen LogP contribution in [-0.4, -0.2) is 18.9 Å². The monoisotopic (exact) mass is 330 g/mol. The van der Waals surface area contributed by atoms with Gasteiger partial charge in [-0.05, 0) is 23.3 Å². The van der Waals surface area contributed by atoms with Gasteiger partial charge in [0.2, 0.25) is 0 Å². The van der Waals surface area contributed by atoms with Crippen molar-refractivity contribution in [1.29, 1.82) is 0 Å². The summed E-state index contributed by atoms with van der Waals surface area (Å²) >= 11 is 0. The van der Waals surface area contributed by atoms with E-state index in [4.69, 9.17) is 4.74 Å². The maximum Gasteiger partial charge on any atom is 0.135 e. The van der Waals surface area contributed by atoms with Crippen molar-refractivity contribution in [1.82, 2.24) is 0 Å². The van der Waals surface area contributed by atoms with Crippen LogP contribution in [0.4, 0.5) is 0 Å². The van der Waals surface area contributed by atoms with E-state index in [9.17, 15) is 0 Å². The van der Waals surface area contributed by atoms with E-state index in [0.29, 0.717) is 0 Å². The van der Waals surface area contributed by atoms with Gasteiger partial charge in [-0.25, -0.2) is 0 Å². The van der Waals surface area contributed by atoms with Crippen LogP contribution in [0.5, 0.6) is 11.5 Å². The number of benzene rings is 4. The van der Waals surface area contributed by atoms with Crippen molar-refractivity contribution < 1.29 is 4.74 Å². The number of hydrogen-bond acceptors (Lipinski definition) is 1. The zero-order valence-electron chi connectivity index (χ0n) is 13.8. The molecule has 0 aliphatic carbocycles. The average Bonchev–Trinajstić information content (AvgIpc) is 2.70. The molecule has 0 aliphatic heterocycles. The van der Waals surface area contributed by atoms with Crippen LogP contribution in [0.1, 0.15) is 0 Å². The minimum absolute atomic E-state index is 0. The summed E-state index contributed by atoms with van der Waals surface area (Å²) in [6.45, 7) is 0. The van der Waals surface area contributed by atoms with Gasteiger partial charge in [-0.1, -0.05) is 97.1 Å². The molecule has 0 unspecified atom stereocenters. The average molecular weight is 330 g/mol. The zero-order chi connectivity index (χ0) is 16.9. The summed E-state index contributed by atoms with van der Waals surface area (Å²) in [7, 11) is 0. The van der Waals surface area contributed by atoms with Crippen LogP contribution in [0.2, 0.25) is 0 Å². The third-order valence-electron chi connectivity index (χ3n) is 4.16. The Morgan fingerprint density at radius 1 is 0.385 bits per heavy atom. The fraction of sp³-hybridized carbons (Fsp3) is 0. The summed E-state index contributed by atoms with van der Waals surface area (Å²) in [5.41, 5.74) is 4.47. The van der Waals surface area contributed by atoms with Crippen LogP contribution >= 0.6 is 0 Å². The standard InChI is InChI=1S/C24H18O.Li.H/c1-3-11-19(12-4-1)21-15-7-9-17-23(21)25-24-18-10-8-16-22(24)20-13-5-2-6-14-20;;/h1-18H;;. The summed E-state index contributed by atoms with van der Waals surface area (Å²) in [5.74, 6) is 1.72. The summed E-state index contributed by atoms with van der Waals surface area (Å²) in [6, 6.07) is 37.0. The molecule has 0 radical (unpaired) electrons. The smallest absolute Gasteiger partial charge is 0.135 e. The minimum atomic E-state index is 0. The Hall–Kier alpha value is -2.72. The first-order valence-electron chi connectivity index (χ1n) is 8.38. The Bertz CT molecular complexity index is 884. The number of hydrogen-bond donors (Lipinski definition) is 0. The molecular formula is C24H19LiO. The zero-order valence-corrected chi connectivity index (χ0v) is 13.8. The molecule has 26 heavy (non-hydrogen) atoms. The quantitative estimate of drug-likeness (QED) is 0.407. The molecule has 0 fully saturated rings. The summed E-state index contributed by atoms with van der Waals surface area (Å²) < 4.78 is 6.35. The van der Waals surface area contributed by atoms with E-state index in [2.05, 4.69) is 36.4 Å². The molecule has 0 saturated carbocycles. The van der Waals surface area contributed by atoms with Crippen LogP contribution in [0.25, 0.3) is 22.3 Å². The first kappa shape index (κ1) is 18.1. The molecule has 0 bridgehead atoms. The van der Waals surface area contributed by atoms with E-state index < -0.39 is 0 Å². The van der Waals surface area contributed by atoms with Crippen LogP contribution in [0.3, 0.4) is 0 Å². The van der Waals surface area contributed by atoms with Crippen molar-refractivity contribution in [2.24, 2.45) is 0 Å². The van der Waals surface area contributed by atoms with Crippen LogP contribution in [0, 0.1) is 0 Å². The largest absolute Gasteiger partial charge is 0.456 e. The van der Waals surface area contributed by atoms with Crippen LogP contribution in [-0.2, 0) is 0 Å². The number of para-hydroxylation sites is 2. The van der Waals surface area contributed by atoms with Gasteiger partial charge in [-0.3, -0.25) is 0 Å². The molecule has 4 aromatic rings. The van der Waals surface area contributed by atoms with E-state index in [1.165, 1.54) is 0 Å². The van der Waals surface area contributed by atoms with Gasteiger partial charge < -0.3 is 4.74 Å². The van der Waals surface area contributed by atoms with Crippen LogP contribution < -0.4 is 4.74 Å². The molecule has 1 nitrogen and oxygen atoms in total. The second-order valence-electron chi connectivity index (χ2n) is 5.83. The van der Waals surface area contributed by atoms with Gasteiger partial charge in [0.1, 0.15) is 11.5 Å². The summed E-state index contributed by atoms with van der Waals surface area (Å²) in [6.07, 6.45) is 0. The van der Waals surface area contributed by atoms with E-state index in [-0.39, 0.29) is 18.9 Å². The Morgan fingerprint density at radius 3 is 1.15 bits per heavy atom. The van der Waals surface area contributed by atoms with Gasteiger partial charge in [0.25, 0.3) is 0 Å². The second kappa shape index (κ2) is 8.58. The SMILES string of the molecule is [LiH].c1ccc(-c2ccccc2Oc2ccccc2-c2ccccc2)cc1. The Labute approximate surface area is 166 Å². The van der Waals surface area contributed by atoms with Crippen molar-refractivity contribution >= 4 is 18.9 Å². The molecule has 0 spiro atoms. The first-order chi connectivity index (χ1) is 12.4. The molecule has 0 N–H and O–H groups in total. The van der Waals surface area contributed by atoms with Gasteiger partial charge in [-0.2, -0.15) is 0 Å².